The summed E-state index contributed by atoms with van der Waals surface area (Å²) < 4.78 is 0. The van der Waals surface area contributed by atoms with Gasteiger partial charge in [-0.25, -0.2) is 0 Å². The van der Waals surface area contributed by atoms with Gasteiger partial charge >= 0.3 is 0 Å². The van der Waals surface area contributed by atoms with Crippen molar-refractivity contribution < 1.29 is 0 Å². The van der Waals surface area contributed by atoms with Crippen LogP contribution >= 0.6 is 0 Å². The average Bonchev–Trinajstić information content (AvgIpc) is 3.68. The smallest absolute Gasteiger partial charge is 0.0899 e. The normalized spacial score (nSPS) is 16.0. The van der Waals surface area contributed by atoms with Crippen LogP contribution in [-0.2, 0) is 11.8 Å². The Morgan fingerprint density at radius 2 is 1.19 bits per heavy atom. The third-order valence-electron chi connectivity index (χ3n) is 11.0. The van der Waals surface area contributed by atoms with E-state index in [9.17, 15) is 0 Å². The highest BCUT2D eigenvalue weighted by Gasteiger charge is 2.54. The quantitative estimate of drug-likeness (QED) is 0.142. The van der Waals surface area contributed by atoms with Crippen molar-refractivity contribution in [3.05, 3.63) is 238 Å². The fraction of sp³-hybridized carbons (Fsp3) is 0.0769. The Morgan fingerprint density at radius 3 is 1.93 bits per heavy atom. The van der Waals surface area contributed by atoms with Gasteiger partial charge in [-0.1, -0.05) is 182 Å². The molecular weight excluding hydrogens is 653 g/mol. The third kappa shape index (κ3) is 5.59. The first-order chi connectivity index (χ1) is 26.7. The molecule has 0 saturated heterocycles. The van der Waals surface area contributed by atoms with Gasteiger partial charge in [0.05, 0.1) is 16.8 Å². The lowest BCUT2D eigenvalue weighted by Crippen LogP contribution is -2.27. The van der Waals surface area contributed by atoms with Crippen molar-refractivity contribution in [2.24, 2.45) is 9.98 Å². The molecule has 0 amide bonds. The first-order valence-electron chi connectivity index (χ1n) is 18.7. The molecule has 7 aromatic rings. The van der Waals surface area contributed by atoms with Crippen LogP contribution in [0.5, 0.6) is 0 Å². The van der Waals surface area contributed by atoms with Gasteiger partial charge in [-0.3, -0.25) is 9.98 Å². The van der Waals surface area contributed by atoms with Gasteiger partial charge in [-0.05, 0) is 86.2 Å². The average molecular weight is 693 g/mol. The maximum atomic E-state index is 5.55. The highest BCUT2D eigenvalue weighted by molar-refractivity contribution is 6.34. The zero-order valence-electron chi connectivity index (χ0n) is 30.6. The van der Waals surface area contributed by atoms with Crippen LogP contribution in [0.3, 0.4) is 0 Å². The Balaban J connectivity index is 1.22. The van der Waals surface area contributed by atoms with E-state index in [0.29, 0.717) is 0 Å². The van der Waals surface area contributed by atoms with E-state index in [0.717, 1.165) is 34.5 Å². The molecule has 0 N–H and O–H groups in total. The number of allylic oxidation sites excluding steroid dienone is 3. The molecule has 0 heterocycles. The third-order valence-corrected chi connectivity index (χ3v) is 11.0. The van der Waals surface area contributed by atoms with Crippen LogP contribution in [-0.4, -0.2) is 19.0 Å². The second-order valence-electron chi connectivity index (χ2n) is 14.1. The van der Waals surface area contributed by atoms with Gasteiger partial charge < -0.3 is 0 Å². The molecule has 0 aromatic heterocycles. The van der Waals surface area contributed by atoms with Crippen LogP contribution in [0.15, 0.2) is 198 Å². The molecular formula is C52H40N2. The Hall–Kier alpha value is -6.64. The molecule has 1 atom stereocenters. The SMILES string of the molecule is CN=C(C1=C(N=Cc2ccccc2)C2(c3ccccc31)c1ccccc1-c1ccc(-c3ccc(C/C=C\c4ccccc4C)cc3)cc12)c1ccccc1. The van der Waals surface area contributed by atoms with Crippen molar-refractivity contribution in [2.75, 3.05) is 7.05 Å². The number of fused-ring (bicyclic) bond motifs is 7. The molecule has 1 spiro atoms. The molecule has 0 bridgehead atoms. The number of rotatable bonds is 8. The molecule has 258 valence electrons. The minimum absolute atomic E-state index is 0.649. The van der Waals surface area contributed by atoms with E-state index in [1.807, 2.05) is 19.3 Å². The monoisotopic (exact) mass is 692 g/mol. The Kier molecular flexibility index (Phi) is 8.65. The van der Waals surface area contributed by atoms with E-state index < -0.39 is 5.41 Å². The fourth-order valence-electron chi connectivity index (χ4n) is 8.46. The van der Waals surface area contributed by atoms with Crippen LogP contribution in [0.1, 0.15) is 50.1 Å². The first-order valence-corrected chi connectivity index (χ1v) is 18.7. The molecule has 1 unspecified atom stereocenters. The second kappa shape index (κ2) is 14.1. The summed E-state index contributed by atoms with van der Waals surface area (Å²) in [5, 5.41) is 0. The van der Waals surface area contributed by atoms with Gasteiger partial charge in [0.2, 0.25) is 0 Å². The van der Waals surface area contributed by atoms with Crippen LogP contribution in [0, 0.1) is 6.92 Å². The molecule has 54 heavy (non-hydrogen) atoms. The Morgan fingerprint density at radius 1 is 0.574 bits per heavy atom. The van der Waals surface area contributed by atoms with Gasteiger partial charge in [0, 0.05) is 24.4 Å². The predicted octanol–water partition coefficient (Wildman–Crippen LogP) is 12.2. The Labute approximate surface area is 318 Å². The zero-order chi connectivity index (χ0) is 36.5. The summed E-state index contributed by atoms with van der Waals surface area (Å²) in [5.74, 6) is 0. The topological polar surface area (TPSA) is 24.7 Å². The minimum Gasteiger partial charge on any atom is -0.287 e. The molecule has 0 saturated carbocycles. The lowest BCUT2D eigenvalue weighted by atomic mass is 9.71. The van der Waals surface area contributed by atoms with E-state index >= 15 is 0 Å². The highest BCUT2D eigenvalue weighted by atomic mass is 14.8. The summed E-state index contributed by atoms with van der Waals surface area (Å²) in [6.45, 7) is 2.16. The molecule has 0 radical (unpaired) electrons. The van der Waals surface area contributed by atoms with Crippen molar-refractivity contribution in [2.45, 2.75) is 18.8 Å². The number of hydrogen-bond donors (Lipinski definition) is 0. The van der Waals surface area contributed by atoms with E-state index in [4.69, 9.17) is 9.98 Å². The largest absolute Gasteiger partial charge is 0.287 e. The predicted molar refractivity (Wildman–Crippen MR) is 227 cm³/mol. The summed E-state index contributed by atoms with van der Waals surface area (Å²) >= 11 is 0. The van der Waals surface area contributed by atoms with Gasteiger partial charge in [0.15, 0.2) is 0 Å². The molecule has 0 fully saturated rings. The highest BCUT2D eigenvalue weighted by Crippen LogP contribution is 2.62. The molecule has 7 aromatic carbocycles. The number of aryl methyl sites for hydroxylation is 1. The van der Waals surface area contributed by atoms with Crippen LogP contribution < -0.4 is 0 Å². The van der Waals surface area contributed by atoms with Crippen LogP contribution in [0.25, 0.3) is 33.9 Å². The molecule has 2 heteroatoms. The van der Waals surface area contributed by atoms with Gasteiger partial charge in [0.25, 0.3) is 0 Å². The van der Waals surface area contributed by atoms with Gasteiger partial charge in [-0.2, -0.15) is 0 Å². The standard InChI is InChI=1S/C52H40N2/c1-36-16-9-10-20-39(36)23-15-19-37-28-30-40(31-29-37)42-32-33-44-43-24-11-13-26-46(43)52(48(44)34-42)47-27-14-12-25-45(47)49(50(53-2)41-21-7-4-8-22-41)51(52)54-35-38-17-5-3-6-18-38/h3-18,20-35H,19H2,1-2H3/b23-15-,53-50?,54-35?. The summed E-state index contributed by atoms with van der Waals surface area (Å²) in [4.78, 5) is 10.6. The molecule has 0 aliphatic heterocycles. The first kappa shape index (κ1) is 33.2. The zero-order valence-corrected chi connectivity index (χ0v) is 30.6. The van der Waals surface area contributed by atoms with Crippen LogP contribution in [0.2, 0.25) is 0 Å². The molecule has 2 aliphatic carbocycles. The maximum Gasteiger partial charge on any atom is 0.0899 e. The lowest BCUT2D eigenvalue weighted by molar-refractivity contribution is 0.758. The molecule has 2 nitrogen and oxygen atoms in total. The van der Waals surface area contributed by atoms with Crippen molar-refractivity contribution in [3.63, 3.8) is 0 Å². The summed E-state index contributed by atoms with van der Waals surface area (Å²) in [5.41, 5.74) is 18.1. The summed E-state index contributed by atoms with van der Waals surface area (Å²) in [6, 6.07) is 63.3. The van der Waals surface area contributed by atoms with Crippen molar-refractivity contribution in [3.8, 4) is 22.3 Å². The van der Waals surface area contributed by atoms with E-state index in [1.54, 1.807) is 0 Å². The Bertz CT molecular complexity index is 2620. The summed E-state index contributed by atoms with van der Waals surface area (Å²) in [7, 11) is 1.90. The molecule has 9 rings (SSSR count). The van der Waals surface area contributed by atoms with E-state index in [1.165, 1.54) is 61.2 Å². The van der Waals surface area contributed by atoms with E-state index in [2.05, 4.69) is 189 Å². The molecule has 2 aliphatic rings. The van der Waals surface area contributed by atoms with Crippen molar-refractivity contribution in [1.82, 2.24) is 0 Å². The maximum absolute atomic E-state index is 5.55. The van der Waals surface area contributed by atoms with E-state index in [-0.39, 0.29) is 0 Å². The number of benzene rings is 7. The van der Waals surface area contributed by atoms with Gasteiger partial charge in [-0.15, -0.1) is 0 Å². The second-order valence-corrected chi connectivity index (χ2v) is 14.1. The number of nitrogens with zero attached hydrogens (tertiary/aromatic N) is 2. The lowest BCUT2D eigenvalue weighted by Gasteiger charge is -2.31. The van der Waals surface area contributed by atoms with Crippen molar-refractivity contribution >= 4 is 23.6 Å². The number of hydrogen-bond acceptors (Lipinski definition) is 2. The summed E-state index contributed by atoms with van der Waals surface area (Å²) in [6.07, 6.45) is 7.40. The van der Waals surface area contributed by atoms with Crippen LogP contribution in [0.4, 0.5) is 0 Å². The number of aliphatic imine (C=N–C) groups is 2. The fourth-order valence-corrected chi connectivity index (χ4v) is 8.46. The van der Waals surface area contributed by atoms with Gasteiger partial charge in [0.1, 0.15) is 0 Å². The minimum atomic E-state index is -0.649. The van der Waals surface area contributed by atoms with Crippen molar-refractivity contribution in [1.29, 1.82) is 0 Å².